The van der Waals surface area contributed by atoms with Crippen LogP contribution in [-0.4, -0.2) is 51.0 Å². The highest BCUT2D eigenvalue weighted by atomic mass is 19.4. The highest BCUT2D eigenvalue weighted by Crippen LogP contribution is 2.40. The second-order valence-corrected chi connectivity index (χ2v) is 8.15. The van der Waals surface area contributed by atoms with Crippen LogP contribution < -0.4 is 0 Å². The van der Waals surface area contributed by atoms with Crippen molar-refractivity contribution >= 4 is 12.0 Å². The Hall–Kier alpha value is -2.88. The fourth-order valence-corrected chi connectivity index (χ4v) is 4.58. The molecule has 1 saturated heterocycles. The number of carbonyl (C=O) groups excluding carboxylic acids is 1. The van der Waals surface area contributed by atoms with Crippen LogP contribution in [0.4, 0.5) is 18.0 Å². The van der Waals surface area contributed by atoms with E-state index in [-0.39, 0.29) is 41.8 Å². The molecule has 0 radical (unpaired) electrons. The SMILES string of the molecule is Cc1c(CO[C@@H]2C[C@@H]3CN(C(=O)n4ccc(C(=O)O)n4)C[C@@H]3C2)cccc1C(F)(F)F. The zero-order valence-corrected chi connectivity index (χ0v) is 16.8. The molecule has 1 aliphatic carbocycles. The lowest BCUT2D eigenvalue weighted by molar-refractivity contribution is -0.138. The quantitative estimate of drug-likeness (QED) is 0.787. The summed E-state index contributed by atoms with van der Waals surface area (Å²) >= 11 is 0. The Morgan fingerprint density at radius 2 is 1.87 bits per heavy atom. The normalized spacial score (nSPS) is 23.2. The predicted octanol–water partition coefficient (Wildman–Crippen LogP) is 3.80. The van der Waals surface area contributed by atoms with Crippen LogP contribution in [0.25, 0.3) is 0 Å². The van der Waals surface area contributed by atoms with Gasteiger partial charge in [0.1, 0.15) is 0 Å². The fourth-order valence-electron chi connectivity index (χ4n) is 4.58. The summed E-state index contributed by atoms with van der Waals surface area (Å²) in [5, 5.41) is 12.7. The van der Waals surface area contributed by atoms with Crippen molar-refractivity contribution < 1.29 is 32.6 Å². The van der Waals surface area contributed by atoms with Gasteiger partial charge in [0.25, 0.3) is 0 Å². The molecule has 1 aliphatic heterocycles. The topological polar surface area (TPSA) is 84.7 Å². The van der Waals surface area contributed by atoms with Gasteiger partial charge in [0, 0.05) is 19.3 Å². The van der Waals surface area contributed by atoms with Crippen molar-refractivity contribution in [1.82, 2.24) is 14.7 Å². The Balaban J connectivity index is 1.32. The van der Waals surface area contributed by atoms with Gasteiger partial charge in [0.15, 0.2) is 5.69 Å². The number of fused-ring (bicyclic) bond motifs is 1. The lowest BCUT2D eigenvalue weighted by atomic mass is 10.0. The van der Waals surface area contributed by atoms with Crippen LogP contribution in [-0.2, 0) is 17.5 Å². The summed E-state index contributed by atoms with van der Waals surface area (Å²) in [6, 6.07) is 5.03. The van der Waals surface area contributed by atoms with Crippen LogP contribution in [0, 0.1) is 18.8 Å². The molecule has 1 aromatic heterocycles. The Morgan fingerprint density at radius 1 is 1.19 bits per heavy atom. The standard InChI is InChI=1S/C21H22F3N3O4/c1-12-13(3-2-4-17(12)21(22,23)24)11-31-16-7-14-9-26(10-15(14)8-16)20(30)27-6-5-18(25-27)19(28)29/h2-6,14-16H,7-11H2,1H3,(H,28,29)/t14-,15+,16-. The summed E-state index contributed by atoms with van der Waals surface area (Å²) in [4.78, 5) is 25.2. The third-order valence-corrected chi connectivity index (χ3v) is 6.21. The molecule has 7 nitrogen and oxygen atoms in total. The minimum absolute atomic E-state index is 0.0653. The van der Waals surface area contributed by atoms with Crippen molar-refractivity contribution in [3.8, 4) is 0 Å². The van der Waals surface area contributed by atoms with Gasteiger partial charge >= 0.3 is 18.2 Å². The monoisotopic (exact) mass is 437 g/mol. The molecule has 0 spiro atoms. The number of halogens is 3. The number of benzene rings is 1. The highest BCUT2D eigenvalue weighted by Gasteiger charge is 2.43. The molecule has 1 amide bonds. The zero-order valence-electron chi connectivity index (χ0n) is 16.8. The Bertz CT molecular complexity index is 990. The van der Waals surface area contributed by atoms with Crippen LogP contribution in [0.5, 0.6) is 0 Å². The number of aromatic nitrogens is 2. The summed E-state index contributed by atoms with van der Waals surface area (Å²) in [5.41, 5.74) is -0.122. The molecule has 31 heavy (non-hydrogen) atoms. The largest absolute Gasteiger partial charge is 0.476 e. The summed E-state index contributed by atoms with van der Waals surface area (Å²) in [6.07, 6.45) is -1.66. The van der Waals surface area contributed by atoms with Gasteiger partial charge in [-0.1, -0.05) is 12.1 Å². The van der Waals surface area contributed by atoms with E-state index in [4.69, 9.17) is 9.84 Å². The van der Waals surface area contributed by atoms with Crippen molar-refractivity contribution in [2.45, 2.75) is 38.7 Å². The van der Waals surface area contributed by atoms with Crippen LogP contribution >= 0.6 is 0 Å². The van der Waals surface area contributed by atoms with Crippen LogP contribution in [0.1, 0.15) is 40.0 Å². The average Bonchev–Trinajstić information content (AvgIpc) is 3.40. The molecule has 2 heterocycles. The first-order chi connectivity index (χ1) is 14.6. The van der Waals surface area contributed by atoms with Crippen LogP contribution in [0.15, 0.2) is 30.5 Å². The Kier molecular flexibility index (Phi) is 5.50. The summed E-state index contributed by atoms with van der Waals surface area (Å²) in [5.74, 6) is -0.710. The van der Waals surface area contributed by atoms with E-state index in [0.717, 1.165) is 23.6 Å². The number of hydrogen-bond acceptors (Lipinski definition) is 4. The molecule has 4 rings (SSSR count). The molecule has 1 saturated carbocycles. The second kappa shape index (κ2) is 7.99. The van der Waals surface area contributed by atoms with Crippen molar-refractivity contribution in [3.05, 3.63) is 52.8 Å². The van der Waals surface area contributed by atoms with Gasteiger partial charge in [0.2, 0.25) is 0 Å². The molecule has 166 valence electrons. The minimum atomic E-state index is -4.39. The smallest absolute Gasteiger partial charge is 0.416 e. The van der Waals surface area contributed by atoms with Crippen LogP contribution in [0.3, 0.4) is 0 Å². The Labute approximate surface area is 176 Å². The maximum atomic E-state index is 13.1. The number of likely N-dealkylation sites (tertiary alicyclic amines) is 1. The van der Waals surface area contributed by atoms with Gasteiger partial charge in [0.05, 0.1) is 18.3 Å². The van der Waals surface area contributed by atoms with E-state index in [1.165, 1.54) is 25.3 Å². The first kappa shape index (κ1) is 21.4. The minimum Gasteiger partial charge on any atom is -0.476 e. The second-order valence-electron chi connectivity index (χ2n) is 8.15. The summed E-state index contributed by atoms with van der Waals surface area (Å²) in [7, 11) is 0. The lowest BCUT2D eigenvalue weighted by Crippen LogP contribution is -2.34. The van der Waals surface area contributed by atoms with E-state index >= 15 is 0 Å². The van der Waals surface area contributed by atoms with Gasteiger partial charge in [-0.25, -0.2) is 9.59 Å². The molecule has 1 N–H and O–H groups in total. The number of ether oxygens (including phenoxy) is 1. The van der Waals surface area contributed by atoms with Gasteiger partial charge in [-0.2, -0.15) is 23.0 Å². The van der Waals surface area contributed by atoms with Crippen molar-refractivity contribution in [2.75, 3.05) is 13.1 Å². The third-order valence-electron chi connectivity index (χ3n) is 6.21. The van der Waals surface area contributed by atoms with E-state index < -0.39 is 17.7 Å². The van der Waals surface area contributed by atoms with Gasteiger partial charge in [-0.05, 0) is 54.9 Å². The van der Waals surface area contributed by atoms with Gasteiger partial charge in [-0.3, -0.25) is 0 Å². The lowest BCUT2D eigenvalue weighted by Gasteiger charge is -2.20. The molecule has 0 unspecified atom stereocenters. The molecule has 2 aliphatic rings. The fraction of sp³-hybridized carbons (Fsp3) is 0.476. The number of nitrogens with zero attached hydrogens (tertiary/aromatic N) is 3. The van der Waals surface area contributed by atoms with E-state index in [2.05, 4.69) is 5.10 Å². The first-order valence-electron chi connectivity index (χ1n) is 9.99. The molecule has 1 aromatic carbocycles. The van der Waals surface area contributed by atoms with E-state index in [9.17, 15) is 22.8 Å². The van der Waals surface area contributed by atoms with Crippen molar-refractivity contribution in [1.29, 1.82) is 0 Å². The number of carboxylic acid groups (broad SMARTS) is 1. The van der Waals surface area contributed by atoms with Crippen molar-refractivity contribution in [2.24, 2.45) is 11.8 Å². The number of aromatic carboxylic acids is 1. The molecule has 10 heteroatoms. The van der Waals surface area contributed by atoms with Crippen LogP contribution in [0.2, 0.25) is 0 Å². The number of carbonyl (C=O) groups is 2. The maximum Gasteiger partial charge on any atom is 0.416 e. The summed E-state index contributed by atoms with van der Waals surface area (Å²) < 4.78 is 46.2. The van der Waals surface area contributed by atoms with Gasteiger partial charge in [-0.15, -0.1) is 0 Å². The molecular formula is C21H22F3N3O4. The number of hydrogen-bond donors (Lipinski definition) is 1. The molecule has 2 aromatic rings. The predicted molar refractivity (Wildman–Crippen MR) is 103 cm³/mol. The van der Waals surface area contributed by atoms with E-state index in [1.807, 2.05) is 0 Å². The molecule has 3 atom stereocenters. The zero-order chi connectivity index (χ0) is 22.3. The molecule has 2 fully saturated rings. The third kappa shape index (κ3) is 4.30. The van der Waals surface area contributed by atoms with Crippen molar-refractivity contribution in [3.63, 3.8) is 0 Å². The van der Waals surface area contributed by atoms with E-state index in [0.29, 0.717) is 18.7 Å². The number of amides is 1. The average molecular weight is 437 g/mol. The number of alkyl halides is 3. The Morgan fingerprint density at radius 3 is 2.45 bits per heavy atom. The molecule has 0 bridgehead atoms. The van der Waals surface area contributed by atoms with E-state index in [1.54, 1.807) is 11.0 Å². The maximum absolute atomic E-state index is 13.1. The first-order valence-corrected chi connectivity index (χ1v) is 9.99. The highest BCUT2D eigenvalue weighted by molar-refractivity contribution is 5.86. The molecular weight excluding hydrogens is 415 g/mol. The van der Waals surface area contributed by atoms with Gasteiger partial charge < -0.3 is 14.7 Å². The number of rotatable bonds is 4. The number of carboxylic acids is 1. The summed E-state index contributed by atoms with van der Waals surface area (Å²) in [6.45, 7) is 2.62.